The molecule has 2 unspecified atom stereocenters. The van der Waals surface area contributed by atoms with Crippen LogP contribution in [-0.2, 0) is 25.8 Å². The number of aliphatic hydroxyl groups excluding tert-OH is 1. The minimum atomic E-state index is -1.18. The second kappa shape index (κ2) is 9.04. The van der Waals surface area contributed by atoms with Crippen molar-refractivity contribution >= 4 is 28.8 Å². The maximum absolute atomic E-state index is 14.1. The standard InChI is InChI=1S/C24H29N5O6/c1-2-11-27(14-29-16-8-4-3-7-15(16)25-26-29)22(32)20-24-10-9-17(35-24)18(23(33)34)19(24)21(31)28(20)12-5-6-13-30/h2-4,7-8,17-20,30H,1,5-6,9-14H2,(H,33,34)/t17-,18+,19+,20?,24?/m1/s1. The zero-order valence-corrected chi connectivity index (χ0v) is 19.3. The van der Waals surface area contributed by atoms with Gasteiger partial charge in [-0.2, -0.15) is 0 Å². The molecule has 3 aliphatic heterocycles. The van der Waals surface area contributed by atoms with E-state index in [9.17, 15) is 24.6 Å². The van der Waals surface area contributed by atoms with E-state index in [0.717, 1.165) is 5.52 Å². The molecule has 4 heterocycles. The number of hydrogen-bond acceptors (Lipinski definition) is 7. The molecule has 35 heavy (non-hydrogen) atoms. The van der Waals surface area contributed by atoms with Crippen molar-refractivity contribution in [1.82, 2.24) is 24.8 Å². The van der Waals surface area contributed by atoms with Crippen molar-refractivity contribution in [3.8, 4) is 0 Å². The van der Waals surface area contributed by atoms with Crippen LogP contribution in [-0.4, -0.2) is 90.2 Å². The summed E-state index contributed by atoms with van der Waals surface area (Å²) in [5, 5.41) is 27.5. The van der Waals surface area contributed by atoms with Crippen molar-refractivity contribution in [2.45, 2.75) is 50.1 Å². The Balaban J connectivity index is 1.50. The van der Waals surface area contributed by atoms with Crippen LogP contribution in [0, 0.1) is 11.8 Å². The molecule has 1 spiro atoms. The normalized spacial score (nSPS) is 29.1. The lowest BCUT2D eigenvalue weighted by molar-refractivity contribution is -0.151. The van der Waals surface area contributed by atoms with Gasteiger partial charge >= 0.3 is 5.97 Å². The summed E-state index contributed by atoms with van der Waals surface area (Å²) in [6.45, 7) is 4.28. The lowest BCUT2D eigenvalue weighted by Crippen LogP contribution is -2.56. The Morgan fingerprint density at radius 2 is 2.11 bits per heavy atom. The zero-order valence-electron chi connectivity index (χ0n) is 19.3. The van der Waals surface area contributed by atoms with Gasteiger partial charge in [0.1, 0.15) is 23.8 Å². The third kappa shape index (κ3) is 3.61. The molecule has 0 aliphatic carbocycles. The van der Waals surface area contributed by atoms with Gasteiger partial charge in [0, 0.05) is 19.7 Å². The summed E-state index contributed by atoms with van der Waals surface area (Å²) in [5.74, 6) is -3.65. The second-order valence-electron chi connectivity index (χ2n) is 9.42. The third-order valence-corrected chi connectivity index (χ3v) is 7.51. The number of amides is 2. The van der Waals surface area contributed by atoms with Crippen LogP contribution in [0.25, 0.3) is 11.0 Å². The first kappa shape index (κ1) is 23.4. The highest BCUT2D eigenvalue weighted by atomic mass is 16.5. The number of fused-ring (bicyclic) bond motifs is 2. The van der Waals surface area contributed by atoms with Crippen LogP contribution < -0.4 is 0 Å². The van der Waals surface area contributed by atoms with Gasteiger partial charge in [-0.1, -0.05) is 23.4 Å². The fourth-order valence-electron chi connectivity index (χ4n) is 6.08. The van der Waals surface area contributed by atoms with E-state index in [-0.39, 0.29) is 38.2 Å². The molecule has 11 heteroatoms. The number of aliphatic carboxylic acids is 1. The van der Waals surface area contributed by atoms with Crippen LogP contribution >= 0.6 is 0 Å². The minimum absolute atomic E-state index is 0.0342. The molecule has 186 valence electrons. The third-order valence-electron chi connectivity index (χ3n) is 7.51. The van der Waals surface area contributed by atoms with Gasteiger partial charge in [0.2, 0.25) is 11.8 Å². The summed E-state index contributed by atoms with van der Waals surface area (Å²) in [5.41, 5.74) is 0.280. The molecule has 2 aromatic rings. The van der Waals surface area contributed by atoms with E-state index in [1.807, 2.05) is 24.3 Å². The Kier molecular flexibility index (Phi) is 6.06. The van der Waals surface area contributed by atoms with Crippen LogP contribution in [0.2, 0.25) is 0 Å². The van der Waals surface area contributed by atoms with E-state index in [1.54, 1.807) is 15.7 Å². The van der Waals surface area contributed by atoms with Gasteiger partial charge in [-0.3, -0.25) is 14.4 Å². The van der Waals surface area contributed by atoms with Gasteiger partial charge in [0.15, 0.2) is 0 Å². The van der Waals surface area contributed by atoms with E-state index in [0.29, 0.717) is 31.2 Å². The smallest absolute Gasteiger partial charge is 0.310 e. The summed E-state index contributed by atoms with van der Waals surface area (Å²) in [7, 11) is 0. The van der Waals surface area contributed by atoms with Crippen molar-refractivity contribution in [3.63, 3.8) is 0 Å². The molecule has 5 atom stereocenters. The van der Waals surface area contributed by atoms with Crippen LogP contribution in [0.1, 0.15) is 25.7 Å². The van der Waals surface area contributed by atoms with Crippen molar-refractivity contribution in [2.24, 2.45) is 11.8 Å². The largest absolute Gasteiger partial charge is 0.481 e. The molecule has 3 fully saturated rings. The van der Waals surface area contributed by atoms with Crippen molar-refractivity contribution < 1.29 is 29.3 Å². The number of carbonyl (C=O) groups excluding carboxylic acids is 2. The fraction of sp³-hybridized carbons (Fsp3) is 0.542. The highest BCUT2D eigenvalue weighted by Gasteiger charge is 2.74. The first-order valence-electron chi connectivity index (χ1n) is 11.9. The van der Waals surface area contributed by atoms with Crippen molar-refractivity contribution in [3.05, 3.63) is 36.9 Å². The van der Waals surface area contributed by atoms with Crippen molar-refractivity contribution in [1.29, 1.82) is 0 Å². The Bertz CT molecular complexity index is 1170. The molecule has 2 amide bonds. The quantitative estimate of drug-likeness (QED) is 0.371. The van der Waals surface area contributed by atoms with E-state index >= 15 is 0 Å². The number of carbonyl (C=O) groups is 3. The maximum atomic E-state index is 14.1. The molecule has 0 radical (unpaired) electrons. The molecule has 3 aliphatic rings. The number of rotatable bonds is 10. The van der Waals surface area contributed by atoms with Crippen LogP contribution in [0.4, 0.5) is 0 Å². The predicted octanol–water partition coefficient (Wildman–Crippen LogP) is 0.635. The van der Waals surface area contributed by atoms with Gasteiger partial charge in [0.25, 0.3) is 0 Å². The van der Waals surface area contributed by atoms with Gasteiger partial charge in [-0.25, -0.2) is 4.68 Å². The average molecular weight is 484 g/mol. The minimum Gasteiger partial charge on any atom is -0.481 e. The number of aromatic nitrogens is 3. The van der Waals surface area contributed by atoms with Crippen LogP contribution in [0.5, 0.6) is 0 Å². The molecular formula is C24H29N5O6. The molecule has 2 bridgehead atoms. The van der Waals surface area contributed by atoms with E-state index in [1.165, 1.54) is 4.90 Å². The maximum Gasteiger partial charge on any atom is 0.310 e. The number of likely N-dealkylation sites (tertiary alicyclic amines) is 1. The van der Waals surface area contributed by atoms with Crippen LogP contribution in [0.3, 0.4) is 0 Å². The number of benzene rings is 1. The molecule has 5 rings (SSSR count). The Morgan fingerprint density at radius 1 is 1.31 bits per heavy atom. The summed E-state index contributed by atoms with van der Waals surface area (Å²) < 4.78 is 7.85. The summed E-state index contributed by atoms with van der Waals surface area (Å²) in [6, 6.07) is 6.45. The predicted molar refractivity (Wildman–Crippen MR) is 123 cm³/mol. The summed E-state index contributed by atoms with van der Waals surface area (Å²) in [4.78, 5) is 42.8. The lowest BCUT2D eigenvalue weighted by Gasteiger charge is -2.36. The molecular weight excluding hydrogens is 454 g/mol. The topological polar surface area (TPSA) is 138 Å². The molecule has 3 saturated heterocycles. The number of aliphatic hydroxyl groups is 1. The Hall–Kier alpha value is -3.31. The van der Waals surface area contributed by atoms with E-state index in [2.05, 4.69) is 16.9 Å². The second-order valence-corrected chi connectivity index (χ2v) is 9.42. The average Bonchev–Trinajstić information content (AvgIpc) is 3.58. The number of carboxylic acids is 1. The first-order valence-corrected chi connectivity index (χ1v) is 11.9. The van der Waals surface area contributed by atoms with Gasteiger partial charge < -0.3 is 24.7 Å². The fourth-order valence-corrected chi connectivity index (χ4v) is 6.08. The SMILES string of the molecule is C=CCN(Cn1nnc2ccccc21)C(=O)C1N(CCCCO)C(=O)[C@@H]2[C@@H](C(=O)O)[C@H]3CCC12O3. The summed E-state index contributed by atoms with van der Waals surface area (Å²) >= 11 is 0. The Morgan fingerprint density at radius 3 is 2.86 bits per heavy atom. The molecule has 11 nitrogen and oxygen atoms in total. The van der Waals surface area contributed by atoms with Gasteiger partial charge in [-0.05, 0) is 37.8 Å². The number of para-hydroxylation sites is 1. The number of unbranched alkanes of at least 4 members (excludes halogenated alkanes) is 1. The molecule has 0 saturated carbocycles. The number of ether oxygens (including phenoxy) is 1. The van der Waals surface area contributed by atoms with Crippen LogP contribution in [0.15, 0.2) is 36.9 Å². The molecule has 1 aromatic heterocycles. The van der Waals surface area contributed by atoms with E-state index < -0.39 is 35.6 Å². The van der Waals surface area contributed by atoms with Crippen molar-refractivity contribution in [2.75, 3.05) is 19.7 Å². The number of nitrogens with zero attached hydrogens (tertiary/aromatic N) is 5. The number of hydrogen-bond donors (Lipinski definition) is 2. The molecule has 2 N–H and O–H groups in total. The highest BCUT2D eigenvalue weighted by molar-refractivity contribution is 5.98. The highest BCUT2D eigenvalue weighted by Crippen LogP contribution is 2.58. The molecule has 1 aromatic carbocycles. The van der Waals surface area contributed by atoms with Gasteiger partial charge in [0.05, 0.1) is 23.5 Å². The monoisotopic (exact) mass is 483 g/mol. The lowest BCUT2D eigenvalue weighted by atomic mass is 9.70. The van der Waals surface area contributed by atoms with E-state index in [4.69, 9.17) is 4.74 Å². The Labute approximate surface area is 201 Å². The number of carboxylic acid groups (broad SMARTS) is 1. The van der Waals surface area contributed by atoms with Gasteiger partial charge in [-0.15, -0.1) is 11.7 Å². The summed E-state index contributed by atoms with van der Waals surface area (Å²) in [6.07, 6.45) is 2.92. The zero-order chi connectivity index (χ0) is 24.7. The first-order chi connectivity index (χ1) is 16.9.